The van der Waals surface area contributed by atoms with Crippen molar-refractivity contribution in [3.63, 3.8) is 0 Å². The second-order valence-corrected chi connectivity index (χ2v) is 0. The van der Waals surface area contributed by atoms with E-state index in [1.165, 1.54) is 0 Å². The third-order valence-electron chi connectivity index (χ3n) is 0. The maximum atomic E-state index is 0. The van der Waals surface area contributed by atoms with E-state index in [9.17, 15) is 0 Å². The van der Waals surface area contributed by atoms with E-state index >= 15 is 0 Å². The molecule has 0 aromatic heterocycles. The number of rotatable bonds is 0. The van der Waals surface area contributed by atoms with Gasteiger partial charge >= 0.3 is 0 Å². The van der Waals surface area contributed by atoms with Crippen LogP contribution >= 0.6 is 0 Å². The molecule has 0 fully saturated rings. The van der Waals surface area contributed by atoms with E-state index < -0.39 is 0 Å². The molecule has 0 atom stereocenters. The smallest absolute Gasteiger partial charge is 0 e. The summed E-state index contributed by atoms with van der Waals surface area (Å²) < 4.78 is 0. The Kier molecular flexibility index (Phi) is 329. The van der Waals surface area contributed by atoms with E-state index in [1.807, 2.05) is 0 Å². The molecule has 0 amide bonds. The molecule has 0 bridgehead atoms. The van der Waals surface area contributed by atoms with Gasteiger partial charge in [0.2, 0.25) is 0 Å². The summed E-state index contributed by atoms with van der Waals surface area (Å²) in [5, 5.41) is 0. The molecule has 0 aliphatic heterocycles. The van der Waals surface area contributed by atoms with Crippen molar-refractivity contribution in [3.8, 4) is 0 Å². The second kappa shape index (κ2) is 37.3. The van der Waals surface area contributed by atoms with Crippen molar-refractivity contribution in [2.45, 2.75) is 0 Å². The van der Waals surface area contributed by atoms with Crippen LogP contribution in [0, 0.1) is 40.4 Å². The predicted molar refractivity (Wildman–Crippen MR) is 2.82 cm³/mol. The summed E-state index contributed by atoms with van der Waals surface area (Å²) >= 11 is 0. The van der Waals surface area contributed by atoms with Crippen LogP contribution in [0.2, 0.25) is 0 Å². The third-order valence-corrected chi connectivity index (χ3v) is 0. The molecule has 0 aliphatic carbocycles. The van der Waals surface area contributed by atoms with Crippen LogP contribution in [0.1, 0.15) is 0 Å². The topological polar surface area (TPSA) is 59.0 Å². The summed E-state index contributed by atoms with van der Waals surface area (Å²) in [6.45, 7) is 0. The Morgan fingerprint density at radius 3 is 1.00 bits per heavy atom. The molecule has 0 unspecified atom stereocenters. The van der Waals surface area contributed by atoms with Gasteiger partial charge in [-0.1, -0.05) is 0 Å². The first-order valence-corrected chi connectivity index (χ1v) is 0. The van der Waals surface area contributed by atoms with Gasteiger partial charge in [0.25, 0.3) is 0 Å². The molecule has 0 N–H and O–H groups in total. The van der Waals surface area contributed by atoms with Gasteiger partial charge in [-0.05, 0) is 0 Å². The fraction of sp³-hybridized carbons (Fsp3) is 0. The maximum Gasteiger partial charge on any atom is 0 e. The fourth-order valence-corrected chi connectivity index (χ4v) is 0. The van der Waals surface area contributed by atoms with E-state index in [2.05, 4.69) is 0 Å². The van der Waals surface area contributed by atoms with Crippen molar-refractivity contribution < 1.29 is 122 Å². The average molecular weight is 416 g/mol. The standard InChI is InChI=1S/Fe.N.O.Sm.Y.Zr. The first kappa shape index (κ1) is 52.9. The Morgan fingerprint density at radius 2 is 1.00 bits per heavy atom. The van der Waals surface area contributed by atoms with E-state index in [4.69, 9.17) is 0 Å². The van der Waals surface area contributed by atoms with Gasteiger partial charge in [0.15, 0.2) is 0 Å². The van der Waals surface area contributed by atoms with E-state index in [0.717, 1.165) is 0 Å². The molecule has 6 heavy (non-hydrogen) atoms. The summed E-state index contributed by atoms with van der Waals surface area (Å²) in [7, 11) is 0. The van der Waals surface area contributed by atoms with Crippen molar-refractivity contribution in [1.29, 1.82) is 0 Å². The molecule has 32 valence electrons. The van der Waals surface area contributed by atoms with E-state index in [0.29, 0.717) is 0 Å². The van der Waals surface area contributed by atoms with E-state index in [1.54, 1.807) is 0 Å². The molecule has 0 spiro atoms. The minimum atomic E-state index is 0. The molecule has 2 nitrogen and oxygen atoms in total. The van der Waals surface area contributed by atoms with Gasteiger partial charge in [-0.3, -0.25) is 0 Å². The van der Waals surface area contributed by atoms with Crippen molar-refractivity contribution >= 4 is 0 Å². The Hall–Kier alpha value is 3.76. The largest absolute Gasteiger partial charge is 0 e. The average Bonchev–Trinajstić information content (AvgIpc) is 0. The summed E-state index contributed by atoms with van der Waals surface area (Å²) in [4.78, 5) is 0. The molecule has 6 heteroatoms. The van der Waals surface area contributed by atoms with Gasteiger partial charge in [-0.15, -0.1) is 0 Å². The van der Waals surface area contributed by atoms with Gasteiger partial charge in [-0.2, -0.15) is 0 Å². The van der Waals surface area contributed by atoms with Gasteiger partial charge in [-0.25, -0.2) is 0 Å². The zero-order valence-electron chi connectivity index (χ0n) is 2.69. The van der Waals surface area contributed by atoms with Crippen LogP contribution in [0.4, 0.5) is 0 Å². The Morgan fingerprint density at radius 1 is 1.00 bits per heavy atom. The van der Waals surface area contributed by atoms with Crippen molar-refractivity contribution in [2.75, 3.05) is 0 Å². The first-order valence-electron chi connectivity index (χ1n) is 0. The molecule has 0 rings (SSSR count). The van der Waals surface area contributed by atoms with Crippen LogP contribution in [0.5, 0.6) is 0 Å². The SMILES string of the molecule is [Fe].[N].[O].[Sm].[Y].[Zr]. The van der Waals surface area contributed by atoms with Gasteiger partial charge in [0.1, 0.15) is 0 Å². The van der Waals surface area contributed by atoms with Crippen molar-refractivity contribution in [1.82, 2.24) is 6.15 Å². The number of nitrogens with zero attached hydrogens (tertiary/aromatic N) is 1. The van der Waals surface area contributed by atoms with Gasteiger partial charge in [0, 0.05) is 128 Å². The van der Waals surface area contributed by atoms with Crippen molar-refractivity contribution in [2.24, 2.45) is 0 Å². The zero-order valence-corrected chi connectivity index (χ0v) is 11.7. The Labute approximate surface area is 125 Å². The molecular weight excluding hydrogens is 416 g/mol. The predicted octanol–water partition coefficient (Wildman–Crippen LogP) is -0.607. The molecular formula is FeNOSmYZr. The number of hydrogen-bond donors (Lipinski definition) is 0. The maximum absolute atomic E-state index is 0. The number of hydrogen-bond acceptors (Lipinski definition) is 0. The van der Waals surface area contributed by atoms with Crippen molar-refractivity contribution in [3.05, 3.63) is 0 Å². The van der Waals surface area contributed by atoms with Crippen LogP contribution in [-0.4, -0.2) is 0 Å². The fourth-order valence-electron chi connectivity index (χ4n) is 0. The summed E-state index contributed by atoms with van der Waals surface area (Å²) in [5.74, 6) is 0. The zero-order chi connectivity index (χ0) is 0. The monoisotopic (exact) mass is 417 g/mol. The summed E-state index contributed by atoms with van der Waals surface area (Å²) in [6, 6.07) is 0. The normalized spacial score (nSPS) is 0. The van der Waals surface area contributed by atoms with Gasteiger partial charge < -0.3 is 0 Å². The molecule has 6 radical (unpaired) electrons. The first-order chi connectivity index (χ1) is 0. The van der Waals surface area contributed by atoms with Crippen LogP contribution < -0.4 is 6.15 Å². The molecule has 0 aliphatic rings. The summed E-state index contributed by atoms with van der Waals surface area (Å²) in [5.41, 5.74) is 0. The van der Waals surface area contributed by atoms with Crippen LogP contribution in [-0.2, 0) is 81.5 Å². The van der Waals surface area contributed by atoms with Crippen LogP contribution in [0.15, 0.2) is 0 Å². The Balaban J connectivity index is 0. The Bertz CT molecular complexity index is 15.5. The molecule has 0 aromatic rings. The molecule has 0 heterocycles. The quantitative estimate of drug-likeness (QED) is 0.474. The summed E-state index contributed by atoms with van der Waals surface area (Å²) in [6.07, 6.45) is 0. The molecule has 0 aromatic carbocycles. The van der Waals surface area contributed by atoms with Gasteiger partial charge in [0.05, 0.1) is 0 Å². The molecule has 0 saturated heterocycles. The minimum Gasteiger partial charge on any atom is 0 e. The van der Waals surface area contributed by atoms with E-state index in [-0.39, 0.29) is 128 Å². The van der Waals surface area contributed by atoms with Crippen LogP contribution in [0.3, 0.4) is 0 Å². The second-order valence-electron chi connectivity index (χ2n) is 0. The van der Waals surface area contributed by atoms with Crippen LogP contribution in [0.25, 0.3) is 0 Å². The molecule has 0 saturated carbocycles. The minimum absolute atomic E-state index is 0. The third kappa shape index (κ3) is 25.1.